The molecule has 2 aromatic rings. The highest BCUT2D eigenvalue weighted by atomic mass is 35.5. The fourth-order valence-electron chi connectivity index (χ4n) is 3.46. The largest absolute Gasteiger partial charge is 0.444 e. The molecule has 0 aliphatic carbocycles. The van der Waals surface area contributed by atoms with E-state index in [0.29, 0.717) is 17.6 Å². The molecule has 5 nitrogen and oxygen atoms in total. The summed E-state index contributed by atoms with van der Waals surface area (Å²) in [5.41, 5.74) is 1.92. The van der Waals surface area contributed by atoms with Crippen LogP contribution in [0.25, 0.3) is 10.8 Å². The number of hydrogen-bond acceptors (Lipinski definition) is 4. The lowest BCUT2D eigenvalue weighted by Gasteiger charge is -2.43. The van der Waals surface area contributed by atoms with E-state index in [1.165, 1.54) is 5.56 Å². The van der Waals surface area contributed by atoms with Gasteiger partial charge in [-0.05, 0) is 56.2 Å². The molecule has 1 fully saturated rings. The zero-order valence-electron chi connectivity index (χ0n) is 16.7. The summed E-state index contributed by atoms with van der Waals surface area (Å²) < 4.78 is 5.33. The monoisotopic (exact) mass is 389 g/mol. The van der Waals surface area contributed by atoms with Crippen LogP contribution in [0.4, 0.5) is 10.5 Å². The zero-order valence-corrected chi connectivity index (χ0v) is 17.4. The Labute approximate surface area is 166 Å². The number of halogens is 1. The van der Waals surface area contributed by atoms with Crippen LogP contribution in [0.15, 0.2) is 24.4 Å². The van der Waals surface area contributed by atoms with Crippen molar-refractivity contribution < 1.29 is 9.53 Å². The number of carbonyl (C=O) groups excluding carboxylic acids is 1. The predicted molar refractivity (Wildman–Crippen MR) is 111 cm³/mol. The van der Waals surface area contributed by atoms with E-state index in [-0.39, 0.29) is 12.1 Å². The number of fused-ring (bicyclic) bond motifs is 1. The average molecular weight is 390 g/mol. The first-order valence-electron chi connectivity index (χ1n) is 9.47. The summed E-state index contributed by atoms with van der Waals surface area (Å²) >= 11 is 6.15. The van der Waals surface area contributed by atoms with Gasteiger partial charge in [0, 0.05) is 36.4 Å². The first-order chi connectivity index (χ1) is 12.7. The van der Waals surface area contributed by atoms with E-state index in [1.54, 1.807) is 0 Å². The molecule has 27 heavy (non-hydrogen) atoms. The molecular weight excluding hydrogens is 362 g/mol. The van der Waals surface area contributed by atoms with Crippen molar-refractivity contribution in [3.8, 4) is 0 Å². The molecule has 1 N–H and O–H groups in total. The number of pyridine rings is 1. The van der Waals surface area contributed by atoms with Crippen LogP contribution in [0.5, 0.6) is 0 Å². The molecule has 0 radical (unpaired) electrons. The van der Waals surface area contributed by atoms with Crippen molar-refractivity contribution in [2.24, 2.45) is 0 Å². The first kappa shape index (κ1) is 19.7. The minimum absolute atomic E-state index is 0.251. The number of rotatable bonds is 4. The van der Waals surface area contributed by atoms with Gasteiger partial charge in [0.2, 0.25) is 0 Å². The summed E-state index contributed by atoms with van der Waals surface area (Å²) in [7, 11) is 0. The number of alkyl carbamates (subject to hydrolysis) is 1. The van der Waals surface area contributed by atoms with Crippen LogP contribution >= 0.6 is 11.6 Å². The Bertz CT molecular complexity index is 845. The highest BCUT2D eigenvalue weighted by Crippen LogP contribution is 2.37. The van der Waals surface area contributed by atoms with Crippen molar-refractivity contribution in [1.29, 1.82) is 0 Å². The number of nitrogens with zero attached hydrogens (tertiary/aromatic N) is 2. The van der Waals surface area contributed by atoms with Crippen LogP contribution in [0.2, 0.25) is 5.15 Å². The second-order valence-electron chi connectivity index (χ2n) is 8.40. The van der Waals surface area contributed by atoms with Crippen molar-refractivity contribution in [2.45, 2.75) is 58.6 Å². The predicted octanol–water partition coefficient (Wildman–Crippen LogP) is 5.12. The molecule has 0 bridgehead atoms. The number of aromatic nitrogens is 1. The molecule has 0 spiro atoms. The standard InChI is InChI=1S/C21H28ClN3O2/c1-13(2)15-6-7-18(17-12-23-19(22)10-16(15)17)25-9-8-14(25)11-24-20(26)27-21(3,4)5/h6-7,10,12-14H,8-9,11H2,1-5H3,(H,24,26). The molecule has 146 valence electrons. The summed E-state index contributed by atoms with van der Waals surface area (Å²) in [6, 6.07) is 6.53. The van der Waals surface area contributed by atoms with Crippen molar-refractivity contribution in [1.82, 2.24) is 10.3 Å². The van der Waals surface area contributed by atoms with E-state index in [1.807, 2.05) is 33.0 Å². The summed E-state index contributed by atoms with van der Waals surface area (Å²) in [4.78, 5) is 18.6. The van der Waals surface area contributed by atoms with Gasteiger partial charge in [0.25, 0.3) is 0 Å². The topological polar surface area (TPSA) is 54.5 Å². The second kappa shape index (κ2) is 7.55. The third kappa shape index (κ3) is 4.46. The normalized spacial score (nSPS) is 17.1. The minimum atomic E-state index is -0.489. The second-order valence-corrected chi connectivity index (χ2v) is 8.79. The van der Waals surface area contributed by atoms with Gasteiger partial charge in [-0.1, -0.05) is 31.5 Å². The molecule has 1 aromatic heterocycles. The Morgan fingerprint density at radius 1 is 1.37 bits per heavy atom. The van der Waals surface area contributed by atoms with Crippen LogP contribution in [-0.4, -0.2) is 35.8 Å². The molecule has 6 heteroatoms. The van der Waals surface area contributed by atoms with Gasteiger partial charge in [-0.2, -0.15) is 0 Å². The molecule has 0 saturated carbocycles. The number of nitrogens with one attached hydrogen (secondary N) is 1. The maximum Gasteiger partial charge on any atom is 0.407 e. The Hall–Kier alpha value is -2.01. The van der Waals surface area contributed by atoms with Gasteiger partial charge in [-0.3, -0.25) is 0 Å². The van der Waals surface area contributed by atoms with E-state index in [9.17, 15) is 4.79 Å². The molecular formula is C21H28ClN3O2. The Kier molecular flexibility index (Phi) is 5.52. The van der Waals surface area contributed by atoms with Gasteiger partial charge in [0.05, 0.1) is 0 Å². The van der Waals surface area contributed by atoms with E-state index < -0.39 is 5.60 Å². The number of benzene rings is 1. The van der Waals surface area contributed by atoms with Gasteiger partial charge in [0.15, 0.2) is 0 Å². The molecule has 2 heterocycles. The summed E-state index contributed by atoms with van der Waals surface area (Å²) in [5, 5.41) is 5.65. The fraction of sp³-hybridized carbons (Fsp3) is 0.524. The number of anilines is 1. The van der Waals surface area contributed by atoms with Gasteiger partial charge >= 0.3 is 6.09 Å². The maximum absolute atomic E-state index is 11.9. The number of amides is 1. The van der Waals surface area contributed by atoms with Crippen molar-refractivity contribution >= 4 is 34.2 Å². The molecule has 1 unspecified atom stereocenters. The molecule has 1 atom stereocenters. The van der Waals surface area contributed by atoms with E-state index in [0.717, 1.165) is 29.4 Å². The number of ether oxygens (including phenoxy) is 1. The Morgan fingerprint density at radius 3 is 2.70 bits per heavy atom. The van der Waals surface area contributed by atoms with E-state index >= 15 is 0 Å². The molecule has 1 aliphatic heterocycles. The van der Waals surface area contributed by atoms with E-state index in [4.69, 9.17) is 16.3 Å². The lowest BCUT2D eigenvalue weighted by molar-refractivity contribution is 0.0521. The summed E-state index contributed by atoms with van der Waals surface area (Å²) in [5.74, 6) is 0.404. The lowest BCUT2D eigenvalue weighted by Crippen LogP contribution is -2.54. The van der Waals surface area contributed by atoms with Crippen LogP contribution in [0, 0.1) is 0 Å². The van der Waals surface area contributed by atoms with Crippen molar-refractivity contribution in [3.63, 3.8) is 0 Å². The minimum Gasteiger partial charge on any atom is -0.444 e. The van der Waals surface area contributed by atoms with Gasteiger partial charge in [0.1, 0.15) is 10.8 Å². The van der Waals surface area contributed by atoms with Crippen molar-refractivity contribution in [2.75, 3.05) is 18.0 Å². The third-order valence-electron chi connectivity index (χ3n) is 4.83. The summed E-state index contributed by atoms with van der Waals surface area (Å²) in [6.45, 7) is 11.5. The van der Waals surface area contributed by atoms with Gasteiger partial charge < -0.3 is 15.0 Å². The molecule has 3 rings (SSSR count). The SMILES string of the molecule is CC(C)c1ccc(N2CCC2CNC(=O)OC(C)(C)C)c2cnc(Cl)cc12. The first-order valence-corrected chi connectivity index (χ1v) is 9.85. The fourth-order valence-corrected chi connectivity index (χ4v) is 3.62. The molecule has 1 amide bonds. The summed E-state index contributed by atoms with van der Waals surface area (Å²) in [6.07, 6.45) is 2.52. The molecule has 1 aromatic carbocycles. The molecule has 1 aliphatic rings. The van der Waals surface area contributed by atoms with Gasteiger partial charge in [-0.25, -0.2) is 9.78 Å². The average Bonchev–Trinajstić information content (AvgIpc) is 2.51. The van der Waals surface area contributed by atoms with Crippen LogP contribution in [-0.2, 0) is 4.74 Å². The third-order valence-corrected chi connectivity index (χ3v) is 5.04. The quantitative estimate of drug-likeness (QED) is 0.738. The Balaban J connectivity index is 1.79. The zero-order chi connectivity index (χ0) is 19.8. The van der Waals surface area contributed by atoms with E-state index in [2.05, 4.69) is 41.2 Å². The molecule has 1 saturated heterocycles. The van der Waals surface area contributed by atoms with Crippen molar-refractivity contribution in [3.05, 3.63) is 35.1 Å². The maximum atomic E-state index is 11.9. The number of carbonyl (C=O) groups is 1. The highest BCUT2D eigenvalue weighted by Gasteiger charge is 2.30. The smallest absolute Gasteiger partial charge is 0.407 e. The van der Waals surface area contributed by atoms with Crippen LogP contribution in [0.1, 0.15) is 52.5 Å². The lowest BCUT2D eigenvalue weighted by atomic mass is 9.93. The Morgan fingerprint density at radius 2 is 2.11 bits per heavy atom. The van der Waals surface area contributed by atoms with Crippen LogP contribution < -0.4 is 10.2 Å². The van der Waals surface area contributed by atoms with Crippen LogP contribution in [0.3, 0.4) is 0 Å². The van der Waals surface area contributed by atoms with Gasteiger partial charge in [-0.15, -0.1) is 0 Å². The highest BCUT2D eigenvalue weighted by molar-refractivity contribution is 6.30. The number of hydrogen-bond donors (Lipinski definition) is 1.